The van der Waals surface area contributed by atoms with Gasteiger partial charge in [-0.1, -0.05) is 12.1 Å². The third-order valence-corrected chi connectivity index (χ3v) is 3.67. The summed E-state index contributed by atoms with van der Waals surface area (Å²) < 4.78 is 12.9. The Morgan fingerprint density at radius 2 is 1.95 bits per heavy atom. The molecule has 0 spiro atoms. The van der Waals surface area contributed by atoms with Crippen LogP contribution in [-0.4, -0.2) is 20.1 Å². The third-order valence-electron chi connectivity index (χ3n) is 2.89. The van der Waals surface area contributed by atoms with Crippen LogP contribution in [0.4, 0.5) is 4.39 Å². The van der Waals surface area contributed by atoms with Crippen LogP contribution in [-0.2, 0) is 0 Å². The van der Waals surface area contributed by atoms with Crippen molar-refractivity contribution in [3.63, 3.8) is 0 Å². The fraction of sp³-hybridized carbons (Fsp3) is 0.0714. The first-order valence-corrected chi connectivity index (χ1v) is 6.94. The van der Waals surface area contributed by atoms with Crippen molar-refractivity contribution in [1.82, 2.24) is 15.0 Å². The van der Waals surface area contributed by atoms with Crippen molar-refractivity contribution >= 4 is 11.3 Å². The van der Waals surface area contributed by atoms with Crippen LogP contribution in [0.15, 0.2) is 34.4 Å². The number of thiazole rings is 1. The van der Waals surface area contributed by atoms with Crippen molar-refractivity contribution in [1.29, 1.82) is 0 Å². The summed E-state index contributed by atoms with van der Waals surface area (Å²) in [4.78, 5) is 22.9. The summed E-state index contributed by atoms with van der Waals surface area (Å²) in [5.41, 5.74) is 0.389. The topological polar surface area (TPSA) is 78.9 Å². The molecule has 5 nitrogen and oxygen atoms in total. The van der Waals surface area contributed by atoms with E-state index in [4.69, 9.17) is 0 Å². The van der Waals surface area contributed by atoms with E-state index in [0.29, 0.717) is 11.3 Å². The van der Waals surface area contributed by atoms with Crippen molar-refractivity contribution in [3.8, 4) is 28.5 Å². The van der Waals surface area contributed by atoms with Gasteiger partial charge in [0, 0.05) is 5.38 Å². The molecule has 0 unspecified atom stereocenters. The first-order chi connectivity index (χ1) is 10.0. The molecule has 3 aromatic rings. The maximum Gasteiger partial charge on any atom is 0.262 e. The van der Waals surface area contributed by atoms with Crippen molar-refractivity contribution in [3.05, 3.63) is 50.8 Å². The highest BCUT2D eigenvalue weighted by Crippen LogP contribution is 2.26. The number of benzene rings is 1. The van der Waals surface area contributed by atoms with Crippen molar-refractivity contribution in [2.45, 2.75) is 6.92 Å². The zero-order chi connectivity index (χ0) is 15.0. The Kier molecular flexibility index (Phi) is 3.26. The van der Waals surface area contributed by atoms with Crippen LogP contribution in [0.3, 0.4) is 0 Å². The van der Waals surface area contributed by atoms with Gasteiger partial charge in [0.2, 0.25) is 5.88 Å². The largest absolute Gasteiger partial charge is 0.493 e. The highest BCUT2D eigenvalue weighted by molar-refractivity contribution is 7.09. The number of hydrogen-bond donors (Lipinski definition) is 2. The number of nitrogens with one attached hydrogen (secondary N) is 1. The minimum atomic E-state index is -0.505. The SMILES string of the molecule is Cc1nc(-c2nc(O)c(-c3ccc(F)cc3)c(=O)[nH]2)cs1. The number of aryl methyl sites for hydroxylation is 1. The van der Waals surface area contributed by atoms with Gasteiger partial charge in [-0.3, -0.25) is 4.79 Å². The molecule has 0 atom stereocenters. The number of H-pyrrole nitrogens is 1. The van der Waals surface area contributed by atoms with E-state index in [0.717, 1.165) is 5.01 Å². The van der Waals surface area contributed by atoms with E-state index in [2.05, 4.69) is 15.0 Å². The number of aromatic hydroxyl groups is 1. The van der Waals surface area contributed by atoms with Gasteiger partial charge in [0.25, 0.3) is 5.56 Å². The van der Waals surface area contributed by atoms with E-state index in [1.54, 1.807) is 5.38 Å². The standard InChI is InChI=1S/C14H10FN3O2S/c1-7-16-10(6-21-7)12-17-13(19)11(14(20)18-12)8-2-4-9(15)5-3-8/h2-6H,1H3,(H2,17,18,19,20). The highest BCUT2D eigenvalue weighted by Gasteiger charge is 2.15. The highest BCUT2D eigenvalue weighted by atomic mass is 32.1. The third kappa shape index (κ3) is 2.55. The lowest BCUT2D eigenvalue weighted by Crippen LogP contribution is -2.12. The van der Waals surface area contributed by atoms with E-state index >= 15 is 0 Å². The van der Waals surface area contributed by atoms with Gasteiger partial charge in [-0.2, -0.15) is 4.98 Å². The van der Waals surface area contributed by atoms with Crippen LogP contribution in [0.1, 0.15) is 5.01 Å². The van der Waals surface area contributed by atoms with Gasteiger partial charge in [0.1, 0.15) is 17.1 Å². The van der Waals surface area contributed by atoms with Gasteiger partial charge in [-0.05, 0) is 24.6 Å². The lowest BCUT2D eigenvalue weighted by atomic mass is 10.1. The molecule has 1 aromatic carbocycles. The van der Waals surface area contributed by atoms with Crippen LogP contribution in [0, 0.1) is 12.7 Å². The molecule has 0 aliphatic carbocycles. The smallest absolute Gasteiger partial charge is 0.262 e. The maximum absolute atomic E-state index is 12.9. The predicted molar refractivity (Wildman–Crippen MR) is 77.8 cm³/mol. The van der Waals surface area contributed by atoms with Crippen LogP contribution in [0.25, 0.3) is 22.6 Å². The van der Waals surface area contributed by atoms with Crippen LogP contribution >= 0.6 is 11.3 Å². The second-order valence-electron chi connectivity index (χ2n) is 4.37. The van der Waals surface area contributed by atoms with Crippen molar-refractivity contribution in [2.75, 3.05) is 0 Å². The van der Waals surface area contributed by atoms with Crippen LogP contribution in [0.5, 0.6) is 5.88 Å². The summed E-state index contributed by atoms with van der Waals surface area (Å²) >= 11 is 1.42. The molecule has 0 bridgehead atoms. The summed E-state index contributed by atoms with van der Waals surface area (Å²) in [6.07, 6.45) is 0. The van der Waals surface area contributed by atoms with Crippen LogP contribution in [0.2, 0.25) is 0 Å². The van der Waals surface area contributed by atoms with Crippen molar-refractivity contribution < 1.29 is 9.50 Å². The Morgan fingerprint density at radius 3 is 2.52 bits per heavy atom. The van der Waals surface area contributed by atoms with E-state index in [9.17, 15) is 14.3 Å². The molecule has 7 heteroatoms. The molecule has 0 saturated carbocycles. The fourth-order valence-electron chi connectivity index (χ4n) is 1.93. The molecular weight excluding hydrogens is 293 g/mol. The minimum Gasteiger partial charge on any atom is -0.493 e. The number of rotatable bonds is 2. The summed E-state index contributed by atoms with van der Waals surface area (Å²) in [6, 6.07) is 5.25. The monoisotopic (exact) mass is 303 g/mol. The van der Waals surface area contributed by atoms with E-state index in [1.807, 2.05) is 6.92 Å². The van der Waals surface area contributed by atoms with Crippen LogP contribution < -0.4 is 5.56 Å². The molecule has 0 saturated heterocycles. The Balaban J connectivity index is 2.12. The molecule has 0 fully saturated rings. The number of aromatic amines is 1. The molecule has 2 aromatic heterocycles. The number of nitrogens with zero attached hydrogens (tertiary/aromatic N) is 2. The fourth-order valence-corrected chi connectivity index (χ4v) is 2.53. The zero-order valence-electron chi connectivity index (χ0n) is 10.9. The first-order valence-electron chi connectivity index (χ1n) is 6.06. The number of halogens is 1. The average molecular weight is 303 g/mol. The molecule has 0 aliphatic heterocycles. The van der Waals surface area contributed by atoms with Gasteiger partial charge >= 0.3 is 0 Å². The van der Waals surface area contributed by atoms with Gasteiger partial charge < -0.3 is 10.1 Å². The Morgan fingerprint density at radius 1 is 1.24 bits per heavy atom. The molecule has 0 radical (unpaired) electrons. The molecule has 21 heavy (non-hydrogen) atoms. The summed E-state index contributed by atoms with van der Waals surface area (Å²) in [6.45, 7) is 1.83. The van der Waals surface area contributed by atoms with Gasteiger partial charge in [-0.25, -0.2) is 9.37 Å². The zero-order valence-corrected chi connectivity index (χ0v) is 11.7. The molecule has 106 valence electrons. The van der Waals surface area contributed by atoms with Gasteiger partial charge in [-0.15, -0.1) is 11.3 Å². The summed E-state index contributed by atoms with van der Waals surface area (Å²) in [7, 11) is 0. The first kappa shape index (κ1) is 13.4. The van der Waals surface area contributed by atoms with Gasteiger partial charge in [0.15, 0.2) is 5.82 Å². The lowest BCUT2D eigenvalue weighted by Gasteiger charge is -2.05. The molecule has 2 N–H and O–H groups in total. The molecule has 0 aliphatic rings. The second kappa shape index (κ2) is 5.10. The number of aromatic nitrogens is 3. The molecular formula is C14H10FN3O2S. The predicted octanol–water partition coefficient (Wildman–Crippen LogP) is 2.71. The summed E-state index contributed by atoms with van der Waals surface area (Å²) in [5, 5.41) is 12.6. The quantitative estimate of drug-likeness (QED) is 0.763. The maximum atomic E-state index is 12.9. The Bertz CT molecular complexity index is 855. The Labute approximate surface area is 122 Å². The van der Waals surface area contributed by atoms with Gasteiger partial charge in [0.05, 0.1) is 5.01 Å². The number of hydrogen-bond acceptors (Lipinski definition) is 5. The Hall–Kier alpha value is -2.54. The normalized spacial score (nSPS) is 10.8. The van der Waals surface area contributed by atoms with E-state index in [1.165, 1.54) is 35.6 Å². The minimum absolute atomic E-state index is 0.00528. The summed E-state index contributed by atoms with van der Waals surface area (Å²) in [5.74, 6) is -0.629. The lowest BCUT2D eigenvalue weighted by molar-refractivity contribution is 0.454. The molecule has 0 amide bonds. The van der Waals surface area contributed by atoms with Crippen molar-refractivity contribution in [2.24, 2.45) is 0 Å². The van der Waals surface area contributed by atoms with E-state index in [-0.39, 0.29) is 11.4 Å². The average Bonchev–Trinajstić information content (AvgIpc) is 2.87. The molecule has 2 heterocycles. The van der Waals surface area contributed by atoms with E-state index < -0.39 is 17.3 Å². The second-order valence-corrected chi connectivity index (χ2v) is 5.43. The molecule has 3 rings (SSSR count).